The number of benzene rings is 1. The van der Waals surface area contributed by atoms with Gasteiger partial charge >= 0.3 is 5.97 Å². The highest BCUT2D eigenvalue weighted by Gasteiger charge is 2.54. The van der Waals surface area contributed by atoms with Gasteiger partial charge in [0.05, 0.1) is 17.2 Å². The Balaban J connectivity index is 1.63. The molecule has 10 heteroatoms. The van der Waals surface area contributed by atoms with Gasteiger partial charge < -0.3 is 14.2 Å². The molecule has 2 aliphatic rings. The van der Waals surface area contributed by atoms with Crippen LogP contribution in [0.15, 0.2) is 30.3 Å². The van der Waals surface area contributed by atoms with Crippen LogP contribution in [0.4, 0.5) is 0 Å². The number of carbonyl (C=O) groups excluding carboxylic acids is 4. The third kappa shape index (κ3) is 4.92. The highest BCUT2D eigenvalue weighted by molar-refractivity contribution is 5.96. The Bertz CT molecular complexity index is 1500. The molecule has 10 nitrogen and oxygen atoms in total. The van der Waals surface area contributed by atoms with Crippen LogP contribution >= 0.6 is 0 Å². The predicted molar refractivity (Wildman–Crippen MR) is 144 cm³/mol. The van der Waals surface area contributed by atoms with E-state index in [1.807, 2.05) is 37.4 Å². The molecule has 1 aliphatic carbocycles. The topological polar surface area (TPSA) is 127 Å². The molecule has 5 atom stereocenters. The summed E-state index contributed by atoms with van der Waals surface area (Å²) in [6, 6.07) is 9.91. The number of aryl methyl sites for hydroxylation is 2. The molecule has 0 saturated carbocycles. The summed E-state index contributed by atoms with van der Waals surface area (Å²) in [7, 11) is 1.82. The van der Waals surface area contributed by atoms with Gasteiger partial charge in [0.1, 0.15) is 23.0 Å². The van der Waals surface area contributed by atoms with Crippen molar-refractivity contribution in [3.8, 4) is 17.1 Å². The van der Waals surface area contributed by atoms with Crippen LogP contribution in [-0.4, -0.2) is 50.7 Å². The van der Waals surface area contributed by atoms with Crippen LogP contribution in [0, 0.1) is 17.8 Å². The minimum Gasteiger partial charge on any atom is -0.447 e. The number of hydrogen-bond donors (Lipinski definition) is 0. The number of rotatable bonds is 7. The van der Waals surface area contributed by atoms with Gasteiger partial charge in [-0.2, -0.15) is 10.1 Å². The van der Waals surface area contributed by atoms with Crippen LogP contribution in [0.5, 0.6) is 5.88 Å². The maximum Gasteiger partial charge on any atom is 0.304 e. The first kappa shape index (κ1) is 27.6. The van der Waals surface area contributed by atoms with Crippen LogP contribution < -0.4 is 4.74 Å². The average Bonchev–Trinajstić information content (AvgIpc) is 3.24. The number of hydrogen-bond acceptors (Lipinski definition) is 9. The third-order valence-corrected chi connectivity index (χ3v) is 7.85. The van der Waals surface area contributed by atoms with E-state index in [9.17, 15) is 19.2 Å². The quantitative estimate of drug-likeness (QED) is 0.406. The molecule has 210 valence electrons. The van der Waals surface area contributed by atoms with Crippen molar-refractivity contribution in [2.75, 3.05) is 0 Å². The number of nitrogens with zero attached hydrogens (tertiary/aromatic N) is 3. The van der Waals surface area contributed by atoms with Gasteiger partial charge in [0.2, 0.25) is 18.5 Å². The first-order chi connectivity index (χ1) is 19.1. The lowest BCUT2D eigenvalue weighted by molar-refractivity contribution is -0.277. The molecule has 5 rings (SSSR count). The van der Waals surface area contributed by atoms with E-state index >= 15 is 0 Å². The Kier molecular flexibility index (Phi) is 7.55. The fraction of sp³-hybridized carbons (Fsp3) is 0.467. The van der Waals surface area contributed by atoms with Gasteiger partial charge in [-0.1, -0.05) is 30.3 Å². The van der Waals surface area contributed by atoms with Crippen LogP contribution in [0.2, 0.25) is 0 Å². The van der Waals surface area contributed by atoms with E-state index in [1.165, 1.54) is 27.7 Å². The summed E-state index contributed by atoms with van der Waals surface area (Å²) >= 11 is 0. The SMILES string of the molecule is CC(=O)O[C@@H]1O[C@H](Oc2nc3c(c(-c4ccccc4)nn3C)c3c2CCCC3)[C@H](C(C)=O)[C@H](C(C)=O)[C@@H]1C(C)=O. The summed E-state index contributed by atoms with van der Waals surface area (Å²) in [4.78, 5) is 55.2. The first-order valence-corrected chi connectivity index (χ1v) is 13.5. The molecule has 0 N–H and O–H groups in total. The number of aromatic nitrogens is 3. The number of pyridine rings is 1. The molecule has 3 heterocycles. The van der Waals surface area contributed by atoms with E-state index in [-0.39, 0.29) is 17.4 Å². The number of ketones is 3. The Morgan fingerprint density at radius 2 is 1.45 bits per heavy atom. The number of fused-ring (bicyclic) bond motifs is 3. The zero-order chi connectivity index (χ0) is 28.7. The second kappa shape index (κ2) is 10.9. The van der Waals surface area contributed by atoms with Gasteiger partial charge in [0.25, 0.3) is 0 Å². The fourth-order valence-corrected chi connectivity index (χ4v) is 6.13. The number of esters is 1. The Morgan fingerprint density at radius 3 is 2.05 bits per heavy atom. The molecule has 1 fully saturated rings. The van der Waals surface area contributed by atoms with Gasteiger partial charge in [-0.15, -0.1) is 0 Å². The predicted octanol–water partition coefficient (Wildman–Crippen LogP) is 3.75. The fourth-order valence-electron chi connectivity index (χ4n) is 6.13. The summed E-state index contributed by atoms with van der Waals surface area (Å²) in [6.07, 6.45) is 0.739. The zero-order valence-corrected chi connectivity index (χ0v) is 23.3. The van der Waals surface area contributed by atoms with Crippen molar-refractivity contribution in [1.82, 2.24) is 14.8 Å². The number of carbonyl (C=O) groups is 4. The molecule has 3 aromatic rings. The van der Waals surface area contributed by atoms with Crippen molar-refractivity contribution in [3.63, 3.8) is 0 Å². The molecule has 1 saturated heterocycles. The highest BCUT2D eigenvalue weighted by Crippen LogP contribution is 2.42. The van der Waals surface area contributed by atoms with Gasteiger partial charge in [-0.25, -0.2) is 4.68 Å². The molecular formula is C30H33N3O7. The third-order valence-electron chi connectivity index (χ3n) is 7.85. The summed E-state index contributed by atoms with van der Waals surface area (Å²) in [5.74, 6) is -4.90. The summed E-state index contributed by atoms with van der Waals surface area (Å²) in [5.41, 5.74) is 4.40. The van der Waals surface area contributed by atoms with E-state index in [4.69, 9.17) is 24.3 Å². The van der Waals surface area contributed by atoms with E-state index in [0.29, 0.717) is 12.1 Å². The minimum atomic E-state index is -1.38. The highest BCUT2D eigenvalue weighted by atomic mass is 16.8. The summed E-state index contributed by atoms with van der Waals surface area (Å²) < 4.78 is 19.4. The van der Waals surface area contributed by atoms with Crippen molar-refractivity contribution in [2.24, 2.45) is 24.8 Å². The van der Waals surface area contributed by atoms with Crippen molar-refractivity contribution in [3.05, 3.63) is 41.5 Å². The van der Waals surface area contributed by atoms with Crippen LogP contribution in [0.25, 0.3) is 22.3 Å². The molecule has 2 aromatic heterocycles. The maximum atomic E-state index is 13.0. The van der Waals surface area contributed by atoms with Crippen LogP contribution in [0.1, 0.15) is 51.7 Å². The molecule has 0 amide bonds. The second-order valence-electron chi connectivity index (χ2n) is 10.6. The monoisotopic (exact) mass is 547 g/mol. The van der Waals surface area contributed by atoms with E-state index in [0.717, 1.165) is 47.0 Å². The van der Waals surface area contributed by atoms with Gasteiger partial charge in [-0.3, -0.25) is 19.2 Å². The second-order valence-corrected chi connectivity index (χ2v) is 10.6. The van der Waals surface area contributed by atoms with Gasteiger partial charge in [0.15, 0.2) is 5.65 Å². The first-order valence-electron chi connectivity index (χ1n) is 13.5. The Morgan fingerprint density at radius 1 is 0.850 bits per heavy atom. The largest absolute Gasteiger partial charge is 0.447 e. The Hall–Kier alpha value is -3.92. The summed E-state index contributed by atoms with van der Waals surface area (Å²) in [6.45, 7) is 5.13. The maximum absolute atomic E-state index is 13.0. The molecule has 0 radical (unpaired) electrons. The van der Waals surface area contributed by atoms with E-state index in [1.54, 1.807) is 4.68 Å². The minimum absolute atomic E-state index is 0.284. The van der Waals surface area contributed by atoms with Crippen LogP contribution in [0.3, 0.4) is 0 Å². The standard InChI is InChI=1S/C30H33N3O7/c1-15(34)22-23(16(2)35)29(38-18(4)37)40-30(24(22)17(3)36)39-28-21-14-10-9-13-20(21)25-26(19-11-7-6-8-12-19)32-33(5)27(25)31-28/h6-8,11-12,22-24,29-30H,9-10,13-14H2,1-5H3/t22-,23+,24-,29-,30+/m1/s1. The molecule has 0 unspecified atom stereocenters. The van der Waals surface area contributed by atoms with Gasteiger partial charge in [0, 0.05) is 31.0 Å². The van der Waals surface area contributed by atoms with Gasteiger partial charge in [-0.05, 0) is 52.0 Å². The molecule has 1 aromatic carbocycles. The normalized spacial score (nSPS) is 24.3. The van der Waals surface area contributed by atoms with Crippen molar-refractivity contribution in [2.45, 2.75) is 66.0 Å². The van der Waals surface area contributed by atoms with E-state index < -0.39 is 42.1 Å². The average molecular weight is 548 g/mol. The lowest BCUT2D eigenvalue weighted by Gasteiger charge is -2.43. The van der Waals surface area contributed by atoms with E-state index in [2.05, 4.69) is 0 Å². The van der Waals surface area contributed by atoms with Crippen molar-refractivity contribution < 1.29 is 33.4 Å². The Labute approximate surface area is 232 Å². The molecule has 40 heavy (non-hydrogen) atoms. The number of ether oxygens (including phenoxy) is 3. The number of Topliss-reactive ketones (excluding diaryl/α,β-unsaturated/α-hetero) is 3. The summed E-state index contributed by atoms with van der Waals surface area (Å²) in [5, 5.41) is 5.74. The smallest absolute Gasteiger partial charge is 0.304 e. The molecule has 0 bridgehead atoms. The van der Waals surface area contributed by atoms with Crippen LogP contribution in [-0.2, 0) is 48.5 Å². The van der Waals surface area contributed by atoms with Crippen molar-refractivity contribution in [1.29, 1.82) is 0 Å². The molecule has 0 spiro atoms. The lowest BCUT2D eigenvalue weighted by atomic mass is 9.73. The lowest BCUT2D eigenvalue weighted by Crippen LogP contribution is -2.57. The zero-order valence-electron chi connectivity index (χ0n) is 23.3. The molecular weight excluding hydrogens is 514 g/mol. The van der Waals surface area contributed by atoms with Crippen molar-refractivity contribution >= 4 is 34.4 Å². The molecule has 1 aliphatic heterocycles.